The monoisotopic (exact) mass is 318 g/mol. The van der Waals surface area contributed by atoms with Crippen LogP contribution in [0, 0.1) is 6.92 Å². The summed E-state index contributed by atoms with van der Waals surface area (Å²) in [7, 11) is -2.95. The zero-order valence-corrected chi connectivity index (χ0v) is 15.7. The van der Waals surface area contributed by atoms with E-state index in [1.165, 1.54) is 49.2 Å². The van der Waals surface area contributed by atoms with Crippen molar-refractivity contribution in [3.8, 4) is 0 Å². The fourth-order valence-electron chi connectivity index (χ4n) is 4.07. The van der Waals surface area contributed by atoms with Crippen LogP contribution in [0.15, 0.2) is 50.6 Å². The van der Waals surface area contributed by atoms with E-state index in [2.05, 4.69) is 61.8 Å². The van der Waals surface area contributed by atoms with Gasteiger partial charge in [-0.1, -0.05) is 37.6 Å². The second kappa shape index (κ2) is 8.71. The molecule has 0 aliphatic carbocycles. The van der Waals surface area contributed by atoms with E-state index in [0.717, 1.165) is 6.42 Å². The first-order valence-electron chi connectivity index (χ1n) is 8.15. The number of allylic oxidation sites excluding steroid dienone is 4. The van der Waals surface area contributed by atoms with Gasteiger partial charge in [0.25, 0.3) is 0 Å². The first-order chi connectivity index (χ1) is 10.1. The highest BCUT2D eigenvalue weighted by molar-refractivity contribution is 6.98. The van der Waals surface area contributed by atoms with Gasteiger partial charge in [-0.25, -0.2) is 0 Å². The smallest absolute Gasteiger partial charge is 0.129 e. The molecule has 0 atom stereocenters. The topological polar surface area (TPSA) is 3.24 Å². The van der Waals surface area contributed by atoms with Crippen molar-refractivity contribution in [2.75, 3.05) is 6.54 Å². The molecule has 1 fully saturated rings. The zero-order valence-electron chi connectivity index (χ0n) is 13.7. The molecule has 0 spiro atoms. The number of hydrogen-bond donors (Lipinski definition) is 0. The molecule has 0 N–H and O–H groups in total. The molecule has 1 heterocycles. The van der Waals surface area contributed by atoms with Gasteiger partial charge in [0, 0.05) is 0 Å². The molecule has 0 aromatic carbocycles. The van der Waals surface area contributed by atoms with Crippen molar-refractivity contribution in [1.29, 1.82) is 0 Å². The molecule has 1 radical (unpaired) electrons. The SMILES string of the molecule is [CH2]CCCN1[Si](CC=C)(CC=C)CC[Si]1(CC=C)CC=C. The Bertz CT molecular complexity index is 323. The van der Waals surface area contributed by atoms with Crippen LogP contribution in [0.2, 0.25) is 36.3 Å². The maximum Gasteiger partial charge on any atom is 0.129 e. The van der Waals surface area contributed by atoms with Crippen LogP contribution < -0.4 is 0 Å². The minimum Gasteiger partial charge on any atom is -0.344 e. The second-order valence-corrected chi connectivity index (χ2v) is 15.3. The summed E-state index contributed by atoms with van der Waals surface area (Å²) in [6.07, 6.45) is 10.8. The maximum absolute atomic E-state index is 4.05. The molecule has 1 aliphatic rings. The van der Waals surface area contributed by atoms with Crippen molar-refractivity contribution in [1.82, 2.24) is 4.23 Å². The summed E-state index contributed by atoms with van der Waals surface area (Å²) in [6.45, 7) is 21.4. The third kappa shape index (κ3) is 3.96. The molecular weight excluding hydrogens is 286 g/mol. The second-order valence-electron chi connectivity index (χ2n) is 6.28. The fourth-order valence-corrected chi connectivity index (χ4v) is 19.6. The Morgan fingerprint density at radius 1 is 0.762 bits per heavy atom. The Morgan fingerprint density at radius 3 is 1.43 bits per heavy atom. The van der Waals surface area contributed by atoms with Gasteiger partial charge >= 0.3 is 0 Å². The molecule has 1 rings (SSSR count). The average Bonchev–Trinajstić information content (AvgIpc) is 2.73. The van der Waals surface area contributed by atoms with E-state index < -0.39 is 16.5 Å². The highest BCUT2D eigenvalue weighted by Crippen LogP contribution is 2.46. The number of hydrogen-bond acceptors (Lipinski definition) is 1. The van der Waals surface area contributed by atoms with Gasteiger partial charge in [0.1, 0.15) is 16.5 Å². The normalized spacial score (nSPS) is 20.0. The van der Waals surface area contributed by atoms with Crippen molar-refractivity contribution < 1.29 is 0 Å². The molecule has 0 saturated carbocycles. The minimum atomic E-state index is -1.47. The van der Waals surface area contributed by atoms with Crippen molar-refractivity contribution in [3.63, 3.8) is 0 Å². The van der Waals surface area contributed by atoms with Gasteiger partial charge in [-0.3, -0.25) is 0 Å². The quantitative estimate of drug-likeness (QED) is 0.356. The number of unbranched alkanes of at least 4 members (excludes halogenated alkanes) is 1. The average molecular weight is 319 g/mol. The summed E-state index contributed by atoms with van der Waals surface area (Å²) in [5.74, 6) is 0. The Kier molecular flexibility index (Phi) is 7.64. The zero-order chi connectivity index (χ0) is 15.8. The maximum atomic E-state index is 4.05. The van der Waals surface area contributed by atoms with E-state index in [9.17, 15) is 0 Å². The molecule has 3 heteroatoms. The highest BCUT2D eigenvalue weighted by atomic mass is 28.4. The van der Waals surface area contributed by atoms with E-state index >= 15 is 0 Å². The van der Waals surface area contributed by atoms with Gasteiger partial charge < -0.3 is 4.23 Å². The Balaban J connectivity index is 3.18. The van der Waals surface area contributed by atoms with Crippen LogP contribution in [0.4, 0.5) is 0 Å². The first kappa shape index (κ1) is 18.4. The van der Waals surface area contributed by atoms with Crippen molar-refractivity contribution in [2.45, 2.75) is 49.1 Å². The minimum absolute atomic E-state index is 1.02. The largest absolute Gasteiger partial charge is 0.344 e. The lowest BCUT2D eigenvalue weighted by molar-refractivity contribution is 0.581. The molecule has 1 nitrogen and oxygen atoms in total. The third-order valence-corrected chi connectivity index (χ3v) is 17.6. The van der Waals surface area contributed by atoms with Crippen LogP contribution in [0.5, 0.6) is 0 Å². The van der Waals surface area contributed by atoms with Gasteiger partial charge in [-0.15, -0.1) is 26.3 Å². The fraction of sp³-hybridized carbons (Fsp3) is 0.500. The van der Waals surface area contributed by atoms with Gasteiger partial charge in [0.15, 0.2) is 0 Å². The summed E-state index contributed by atoms with van der Waals surface area (Å²) < 4.78 is 3.00. The Morgan fingerprint density at radius 2 is 1.14 bits per heavy atom. The first-order valence-corrected chi connectivity index (χ1v) is 13.3. The van der Waals surface area contributed by atoms with Gasteiger partial charge in [-0.05, 0) is 49.2 Å². The molecule has 1 saturated heterocycles. The van der Waals surface area contributed by atoms with Crippen molar-refractivity contribution in [2.24, 2.45) is 0 Å². The Hall–Kier alpha value is -0.646. The predicted octanol–water partition coefficient (Wildman–Crippen LogP) is 5.55. The van der Waals surface area contributed by atoms with Crippen LogP contribution >= 0.6 is 0 Å². The molecule has 0 aromatic rings. The summed E-state index contributed by atoms with van der Waals surface area (Å²) >= 11 is 0. The van der Waals surface area contributed by atoms with E-state index in [1.807, 2.05) is 0 Å². The summed E-state index contributed by atoms with van der Waals surface area (Å²) in [4.78, 5) is 0. The van der Waals surface area contributed by atoms with E-state index in [1.54, 1.807) is 0 Å². The Labute approximate surface area is 134 Å². The van der Waals surface area contributed by atoms with Gasteiger partial charge in [0.2, 0.25) is 0 Å². The molecular formula is C18H32NSi2. The molecule has 1 aliphatic heterocycles. The highest BCUT2D eigenvalue weighted by Gasteiger charge is 2.54. The van der Waals surface area contributed by atoms with Crippen molar-refractivity contribution in [3.05, 3.63) is 57.5 Å². The molecule has 0 bridgehead atoms. The van der Waals surface area contributed by atoms with Crippen LogP contribution in [-0.2, 0) is 0 Å². The number of rotatable bonds is 11. The summed E-state index contributed by atoms with van der Waals surface area (Å²) in [6, 6.07) is 7.57. The molecule has 117 valence electrons. The summed E-state index contributed by atoms with van der Waals surface area (Å²) in [5.41, 5.74) is 0. The van der Waals surface area contributed by atoms with Gasteiger partial charge in [-0.2, -0.15) is 0 Å². The molecule has 21 heavy (non-hydrogen) atoms. The lowest BCUT2D eigenvalue weighted by Crippen LogP contribution is -2.60. The van der Waals surface area contributed by atoms with Crippen LogP contribution in [0.25, 0.3) is 0 Å². The standard InChI is InChI=1S/C18H32NSi2/c1-6-11-12-19-20(13-7-2,14-8-3)17-18-21(19,15-9-4)16-10-5/h7-10H,1-6,11-18H2. The third-order valence-electron chi connectivity index (χ3n) is 4.93. The van der Waals surface area contributed by atoms with E-state index in [-0.39, 0.29) is 0 Å². The lowest BCUT2D eigenvalue weighted by Gasteiger charge is -2.45. The van der Waals surface area contributed by atoms with E-state index in [0.29, 0.717) is 0 Å². The van der Waals surface area contributed by atoms with Crippen molar-refractivity contribution >= 4 is 16.5 Å². The number of nitrogens with zero attached hydrogens (tertiary/aromatic N) is 1. The van der Waals surface area contributed by atoms with Crippen LogP contribution in [0.1, 0.15) is 12.8 Å². The molecule has 0 aromatic heterocycles. The lowest BCUT2D eigenvalue weighted by atomic mass is 10.3. The van der Waals surface area contributed by atoms with Crippen LogP contribution in [0.3, 0.4) is 0 Å². The molecule has 0 unspecified atom stereocenters. The molecule has 0 amide bonds. The van der Waals surface area contributed by atoms with Crippen LogP contribution in [-0.4, -0.2) is 27.2 Å². The van der Waals surface area contributed by atoms with E-state index in [4.69, 9.17) is 0 Å². The predicted molar refractivity (Wildman–Crippen MR) is 102 cm³/mol. The summed E-state index contributed by atoms with van der Waals surface area (Å²) in [5, 5.41) is 0. The van der Waals surface area contributed by atoms with Gasteiger partial charge in [0.05, 0.1) is 0 Å².